The SMILES string of the molecule is CC[C@H](Nc1nc(N)nc(N)c1C#N)c1cn2nc(C3CC3)c(Cl)c2nc1-c1cccc(F)c1. The Hall–Kier alpha value is -3.97. The van der Waals surface area contributed by atoms with Crippen molar-refractivity contribution < 1.29 is 4.39 Å². The van der Waals surface area contributed by atoms with Crippen LogP contribution in [0.2, 0.25) is 5.02 Å². The molecular formula is C23H21ClFN9. The summed E-state index contributed by atoms with van der Waals surface area (Å²) < 4.78 is 15.8. The molecule has 34 heavy (non-hydrogen) atoms. The highest BCUT2D eigenvalue weighted by molar-refractivity contribution is 6.34. The number of benzene rings is 1. The van der Waals surface area contributed by atoms with Crippen LogP contribution in [-0.4, -0.2) is 24.6 Å². The zero-order chi connectivity index (χ0) is 24.0. The van der Waals surface area contributed by atoms with Crippen molar-refractivity contribution in [3.8, 4) is 17.3 Å². The number of fused-ring (bicyclic) bond motifs is 1. The van der Waals surface area contributed by atoms with Crippen LogP contribution in [0.25, 0.3) is 16.9 Å². The number of nitrogen functional groups attached to an aromatic ring is 2. The number of nitrogens with zero attached hydrogens (tertiary/aromatic N) is 6. The van der Waals surface area contributed by atoms with Crippen molar-refractivity contribution in [3.63, 3.8) is 0 Å². The Morgan fingerprint density at radius 1 is 1.29 bits per heavy atom. The third kappa shape index (κ3) is 3.84. The third-order valence-corrected chi connectivity index (χ3v) is 6.19. The summed E-state index contributed by atoms with van der Waals surface area (Å²) in [5.41, 5.74) is 14.9. The van der Waals surface area contributed by atoms with Crippen LogP contribution >= 0.6 is 11.6 Å². The summed E-state index contributed by atoms with van der Waals surface area (Å²) >= 11 is 6.64. The van der Waals surface area contributed by atoms with E-state index in [9.17, 15) is 9.65 Å². The Morgan fingerprint density at radius 3 is 2.76 bits per heavy atom. The smallest absolute Gasteiger partial charge is 0.224 e. The first-order chi connectivity index (χ1) is 16.4. The third-order valence-electron chi connectivity index (χ3n) is 5.83. The van der Waals surface area contributed by atoms with Gasteiger partial charge in [-0.05, 0) is 31.4 Å². The number of nitrogens with two attached hydrogens (primary N) is 2. The number of hydrogen-bond acceptors (Lipinski definition) is 8. The molecule has 0 saturated heterocycles. The van der Waals surface area contributed by atoms with Crippen LogP contribution in [0, 0.1) is 17.1 Å². The van der Waals surface area contributed by atoms with E-state index in [1.165, 1.54) is 12.1 Å². The highest BCUT2D eigenvalue weighted by Gasteiger charge is 2.31. The Morgan fingerprint density at radius 2 is 2.09 bits per heavy atom. The van der Waals surface area contributed by atoms with Crippen LogP contribution in [0.1, 0.15) is 55.0 Å². The summed E-state index contributed by atoms with van der Waals surface area (Å²) in [6.45, 7) is 1.96. The summed E-state index contributed by atoms with van der Waals surface area (Å²) in [6.07, 6.45) is 4.50. The molecule has 0 radical (unpaired) electrons. The normalized spacial score (nSPS) is 14.2. The van der Waals surface area contributed by atoms with Crippen LogP contribution in [0.4, 0.5) is 22.0 Å². The van der Waals surface area contributed by atoms with E-state index in [2.05, 4.69) is 20.4 Å². The zero-order valence-corrected chi connectivity index (χ0v) is 19.0. The number of rotatable bonds is 6. The highest BCUT2D eigenvalue weighted by atomic mass is 35.5. The van der Waals surface area contributed by atoms with Crippen molar-refractivity contribution in [2.75, 3.05) is 16.8 Å². The molecule has 1 atom stereocenters. The maximum Gasteiger partial charge on any atom is 0.224 e. The first kappa shape index (κ1) is 21.9. The number of halogens is 2. The molecule has 5 rings (SSSR count). The molecular weight excluding hydrogens is 457 g/mol. The van der Waals surface area contributed by atoms with E-state index in [1.54, 1.807) is 16.6 Å². The summed E-state index contributed by atoms with van der Waals surface area (Å²) in [5, 5.41) is 18.0. The van der Waals surface area contributed by atoms with Gasteiger partial charge in [-0.1, -0.05) is 30.7 Å². The Bertz CT molecular complexity index is 1460. The largest absolute Gasteiger partial charge is 0.382 e. The highest BCUT2D eigenvalue weighted by Crippen LogP contribution is 2.44. The molecule has 5 N–H and O–H groups in total. The van der Waals surface area contributed by atoms with Crippen LogP contribution < -0.4 is 16.8 Å². The van der Waals surface area contributed by atoms with Crippen LogP contribution in [0.5, 0.6) is 0 Å². The maximum absolute atomic E-state index is 14.1. The molecule has 1 saturated carbocycles. The van der Waals surface area contributed by atoms with Gasteiger partial charge in [0, 0.05) is 23.2 Å². The van der Waals surface area contributed by atoms with E-state index in [-0.39, 0.29) is 35.0 Å². The predicted octanol–water partition coefficient (Wildman–Crippen LogP) is 4.46. The molecule has 1 aliphatic carbocycles. The quantitative estimate of drug-likeness (QED) is 0.369. The number of nitriles is 1. The van der Waals surface area contributed by atoms with Gasteiger partial charge in [-0.2, -0.15) is 20.3 Å². The van der Waals surface area contributed by atoms with Crippen LogP contribution in [0.15, 0.2) is 30.5 Å². The minimum atomic E-state index is -0.386. The minimum absolute atomic E-state index is 0.0146. The van der Waals surface area contributed by atoms with Gasteiger partial charge in [0.1, 0.15) is 28.3 Å². The Balaban J connectivity index is 1.69. The predicted molar refractivity (Wildman–Crippen MR) is 128 cm³/mol. The number of nitrogens with one attached hydrogen (secondary N) is 1. The molecule has 0 unspecified atom stereocenters. The van der Waals surface area contributed by atoms with E-state index in [0.29, 0.717) is 34.3 Å². The number of hydrogen-bond donors (Lipinski definition) is 3. The van der Waals surface area contributed by atoms with Gasteiger partial charge in [0.25, 0.3) is 0 Å². The molecule has 3 heterocycles. The second kappa shape index (κ2) is 8.43. The van der Waals surface area contributed by atoms with Crippen molar-refractivity contribution in [1.29, 1.82) is 5.26 Å². The van der Waals surface area contributed by atoms with Crippen LogP contribution in [-0.2, 0) is 0 Å². The summed E-state index contributed by atoms with van der Waals surface area (Å²) in [5.74, 6) is 0.0924. The monoisotopic (exact) mass is 477 g/mol. The van der Waals surface area contributed by atoms with E-state index < -0.39 is 0 Å². The van der Waals surface area contributed by atoms with Gasteiger partial charge >= 0.3 is 0 Å². The molecule has 9 nitrogen and oxygen atoms in total. The van der Waals surface area contributed by atoms with E-state index in [1.807, 2.05) is 19.2 Å². The van der Waals surface area contributed by atoms with Gasteiger partial charge < -0.3 is 16.8 Å². The summed E-state index contributed by atoms with van der Waals surface area (Å²) in [6, 6.07) is 7.84. The van der Waals surface area contributed by atoms with Gasteiger partial charge in [-0.15, -0.1) is 0 Å². The van der Waals surface area contributed by atoms with E-state index in [0.717, 1.165) is 24.1 Å². The van der Waals surface area contributed by atoms with Gasteiger partial charge in [0.2, 0.25) is 5.95 Å². The fraction of sp³-hybridized carbons (Fsp3) is 0.261. The molecule has 1 aromatic carbocycles. The van der Waals surface area contributed by atoms with Crippen molar-refractivity contribution in [3.05, 3.63) is 58.1 Å². The summed E-state index contributed by atoms with van der Waals surface area (Å²) in [7, 11) is 0. The fourth-order valence-corrected chi connectivity index (χ4v) is 4.31. The van der Waals surface area contributed by atoms with Gasteiger partial charge in [0.05, 0.1) is 17.4 Å². The van der Waals surface area contributed by atoms with Crippen molar-refractivity contribution in [1.82, 2.24) is 24.6 Å². The van der Waals surface area contributed by atoms with E-state index >= 15 is 0 Å². The average Bonchev–Trinajstić information content (AvgIpc) is 3.60. The number of aromatic nitrogens is 5. The number of anilines is 3. The summed E-state index contributed by atoms with van der Waals surface area (Å²) in [4.78, 5) is 12.9. The minimum Gasteiger partial charge on any atom is -0.382 e. The first-order valence-corrected chi connectivity index (χ1v) is 11.2. The van der Waals surface area contributed by atoms with Gasteiger partial charge in [-0.3, -0.25) is 0 Å². The molecule has 0 amide bonds. The molecule has 11 heteroatoms. The standard InChI is InChI=1S/C23H21ClFN9/c1-2-16(29-21-14(9-26)20(27)31-23(28)32-21)15-10-34-22(17(24)19(33-34)11-6-7-11)30-18(15)12-4-3-5-13(25)8-12/h3-5,8,10-11,16H,2,6-7H2,1H3,(H5,27,28,29,31,32)/t16-/m0/s1. The topological polar surface area (TPSA) is 144 Å². The van der Waals surface area contributed by atoms with Gasteiger partial charge in [0.15, 0.2) is 11.5 Å². The van der Waals surface area contributed by atoms with Crippen molar-refractivity contribution in [2.24, 2.45) is 0 Å². The second-order valence-corrected chi connectivity index (χ2v) is 8.58. The lowest BCUT2D eigenvalue weighted by Crippen LogP contribution is -2.17. The molecule has 0 spiro atoms. The molecule has 0 aliphatic heterocycles. The van der Waals surface area contributed by atoms with E-state index in [4.69, 9.17) is 28.1 Å². The zero-order valence-electron chi connectivity index (χ0n) is 18.3. The Kier molecular flexibility index (Phi) is 5.42. The Labute approximate surface area is 199 Å². The van der Waals surface area contributed by atoms with Crippen molar-refractivity contribution >= 4 is 34.8 Å². The molecule has 0 bridgehead atoms. The van der Waals surface area contributed by atoms with Gasteiger partial charge in [-0.25, -0.2) is 13.9 Å². The fourth-order valence-electron chi connectivity index (χ4n) is 3.99. The van der Waals surface area contributed by atoms with Crippen LogP contribution in [0.3, 0.4) is 0 Å². The lowest BCUT2D eigenvalue weighted by atomic mass is 9.99. The molecule has 172 valence electrons. The molecule has 3 aromatic heterocycles. The molecule has 1 aliphatic rings. The maximum atomic E-state index is 14.1. The molecule has 4 aromatic rings. The average molecular weight is 478 g/mol. The lowest BCUT2D eigenvalue weighted by molar-refractivity contribution is 0.628. The lowest BCUT2D eigenvalue weighted by Gasteiger charge is -2.22. The molecule has 1 fully saturated rings. The first-order valence-electron chi connectivity index (χ1n) is 10.8. The second-order valence-electron chi connectivity index (χ2n) is 8.20. The van der Waals surface area contributed by atoms with Crippen molar-refractivity contribution in [2.45, 2.75) is 38.1 Å².